The van der Waals surface area contributed by atoms with E-state index in [-0.39, 0.29) is 62.3 Å². The van der Waals surface area contributed by atoms with Gasteiger partial charge in [-0.2, -0.15) is 5.10 Å². The summed E-state index contributed by atoms with van der Waals surface area (Å²) < 4.78 is 31.0. The molecule has 434 valence electrons. The smallest absolute Gasteiger partial charge is 0.256 e. The van der Waals surface area contributed by atoms with Crippen LogP contribution in [0.4, 0.5) is 5.69 Å². The average molecular weight is 1180 g/mol. The van der Waals surface area contributed by atoms with Gasteiger partial charge in [-0.1, -0.05) is 72.6 Å². The molecule has 6 heterocycles. The molecule has 3 aliphatic rings. The van der Waals surface area contributed by atoms with Crippen molar-refractivity contribution in [3.63, 3.8) is 0 Å². The Morgan fingerprint density at radius 3 is 2.30 bits per heavy atom. The summed E-state index contributed by atoms with van der Waals surface area (Å²) in [6, 6.07) is 20.0. The molecule has 0 radical (unpaired) electrons. The Morgan fingerprint density at radius 1 is 0.866 bits per heavy atom. The van der Waals surface area contributed by atoms with Gasteiger partial charge in [0.05, 0.1) is 110 Å². The summed E-state index contributed by atoms with van der Waals surface area (Å²) in [5.74, 6) is -0.490. The number of aromatic nitrogens is 5. The molecule has 0 saturated carbocycles. The van der Waals surface area contributed by atoms with Crippen molar-refractivity contribution in [2.24, 2.45) is 16.9 Å². The second kappa shape index (κ2) is 28.9. The zero-order chi connectivity index (χ0) is 57.5. The van der Waals surface area contributed by atoms with E-state index in [0.717, 1.165) is 38.6 Å². The number of β-amino-alcohol motifs (C(OH)–C–C–N with tert-alkyl or cyclic N) is 1. The minimum atomic E-state index is -0.921. The number of hydrazone groups is 1. The molecule has 0 spiro atoms. The SMILES string of the molecule is Cc1ncsc1-c1ccc(CNC(=O)[C@@H]2C[C@@H](O)CN2C(=O)[C@H](C(C)C)N2Cc3ccccc3C2=O)c(OCCOCCOCCOCCOCCn2cc(CCC3CN(c4ccc(Cl)c(Cl)c4)N=C3NC(=O)c3ccncc3)nn2)c1. The minimum absolute atomic E-state index is 0.00928. The fourth-order valence-corrected chi connectivity index (χ4v) is 11.1. The lowest BCUT2D eigenvalue weighted by molar-refractivity contribution is -0.143. The molecule has 4 amide bonds. The molecule has 0 aliphatic carbocycles. The third-order valence-electron chi connectivity index (χ3n) is 14.3. The standard InChI is InChI=1S/C58H67Cl2N11O10S/c1-37(2)52(70-32-42-6-4-5-7-47(42)57(70)75)58(76)69-35-46(72)30-50(69)56(74)62-31-41-9-8-40(53-38(3)63-36-82-53)28-51(41)81-27-26-80-25-24-79-23-22-78-21-20-77-19-18-68-34-44(65-67-68)11-10-43-33-71(45-12-13-48(59)49(60)29-45)66-54(43)64-55(73)39-14-16-61-17-15-39/h4-9,12-17,28-29,34,36-37,43,46,50,52,72H,10-11,18-27,30-33,35H2,1-3H3,(H,62,74)(H,64,66,73)/t43?,46-,50+,52+/m1/s1. The zero-order valence-corrected chi connectivity index (χ0v) is 48.3. The van der Waals surface area contributed by atoms with Crippen molar-refractivity contribution in [2.75, 3.05) is 77.6 Å². The Morgan fingerprint density at radius 2 is 1.60 bits per heavy atom. The Kier molecular flexibility index (Phi) is 21.0. The van der Waals surface area contributed by atoms with Crippen LogP contribution in [0.3, 0.4) is 0 Å². The van der Waals surface area contributed by atoms with Crippen LogP contribution in [-0.2, 0) is 54.6 Å². The molecule has 3 aliphatic heterocycles. The van der Waals surface area contributed by atoms with Crippen molar-refractivity contribution in [3.8, 4) is 16.2 Å². The fraction of sp³-hybridized carbons (Fsp3) is 0.431. The van der Waals surface area contributed by atoms with E-state index in [0.29, 0.717) is 111 Å². The lowest BCUT2D eigenvalue weighted by Gasteiger charge is -2.35. The quantitative estimate of drug-likeness (QED) is 0.0437. The predicted octanol–water partition coefficient (Wildman–Crippen LogP) is 6.63. The number of nitrogens with zero attached hydrogens (tertiary/aromatic N) is 9. The molecule has 82 heavy (non-hydrogen) atoms. The molecule has 1 fully saturated rings. The fourth-order valence-electron chi connectivity index (χ4n) is 10.0. The highest BCUT2D eigenvalue weighted by Gasteiger charge is 2.46. The van der Waals surface area contributed by atoms with Crippen molar-refractivity contribution >= 4 is 69.7 Å². The number of amides is 4. The van der Waals surface area contributed by atoms with Crippen molar-refractivity contribution in [2.45, 2.75) is 77.9 Å². The van der Waals surface area contributed by atoms with Crippen LogP contribution in [0.5, 0.6) is 5.75 Å². The molecule has 24 heteroatoms. The molecule has 3 aromatic heterocycles. The summed E-state index contributed by atoms with van der Waals surface area (Å²) in [4.78, 5) is 67.1. The molecule has 0 bridgehead atoms. The van der Waals surface area contributed by atoms with Gasteiger partial charge >= 0.3 is 0 Å². The van der Waals surface area contributed by atoms with Crippen molar-refractivity contribution in [3.05, 3.63) is 141 Å². The number of hydrogen-bond donors (Lipinski definition) is 3. The number of nitrogens with one attached hydrogen (secondary N) is 2. The van der Waals surface area contributed by atoms with Crippen LogP contribution in [-0.4, -0.2) is 160 Å². The molecular formula is C58H67Cl2N11O10S. The summed E-state index contributed by atoms with van der Waals surface area (Å²) in [5, 5.41) is 32.8. The number of hydrogen-bond acceptors (Lipinski definition) is 17. The van der Waals surface area contributed by atoms with E-state index in [2.05, 4.69) is 30.9 Å². The lowest BCUT2D eigenvalue weighted by Crippen LogP contribution is -2.55. The van der Waals surface area contributed by atoms with E-state index in [4.69, 9.17) is 52.0 Å². The largest absolute Gasteiger partial charge is 0.491 e. The maximum Gasteiger partial charge on any atom is 0.256 e. The molecule has 21 nitrogen and oxygen atoms in total. The van der Waals surface area contributed by atoms with E-state index in [9.17, 15) is 24.3 Å². The van der Waals surface area contributed by atoms with E-state index >= 15 is 0 Å². The predicted molar refractivity (Wildman–Crippen MR) is 309 cm³/mol. The number of benzene rings is 3. The maximum absolute atomic E-state index is 14.3. The first-order valence-corrected chi connectivity index (χ1v) is 29.0. The zero-order valence-electron chi connectivity index (χ0n) is 46.0. The first kappa shape index (κ1) is 59.7. The van der Waals surface area contributed by atoms with Crippen LogP contribution >= 0.6 is 34.5 Å². The number of carbonyl (C=O) groups is 4. The van der Waals surface area contributed by atoms with Crippen molar-refractivity contribution in [1.29, 1.82) is 0 Å². The second-order valence-corrected chi connectivity index (χ2v) is 22.0. The van der Waals surface area contributed by atoms with Crippen LogP contribution in [0.15, 0.2) is 102 Å². The molecule has 3 N–H and O–H groups in total. The number of carbonyl (C=O) groups excluding carboxylic acids is 4. The Labute approximate surface area is 489 Å². The maximum atomic E-state index is 14.3. The van der Waals surface area contributed by atoms with E-state index in [1.165, 1.54) is 16.2 Å². The number of aliphatic hydroxyl groups excluding tert-OH is 1. The Balaban J connectivity index is 0.648. The summed E-state index contributed by atoms with van der Waals surface area (Å²) in [6.07, 6.45) is 5.49. The summed E-state index contributed by atoms with van der Waals surface area (Å²) in [6.45, 7) is 10.4. The normalized spacial score (nSPS) is 17.2. The van der Waals surface area contributed by atoms with Crippen LogP contribution in [0, 0.1) is 18.8 Å². The van der Waals surface area contributed by atoms with Gasteiger partial charge in [-0.05, 0) is 79.3 Å². The van der Waals surface area contributed by atoms with Gasteiger partial charge in [-0.25, -0.2) is 9.67 Å². The van der Waals surface area contributed by atoms with Crippen LogP contribution in [0.25, 0.3) is 10.4 Å². The highest BCUT2D eigenvalue weighted by atomic mass is 35.5. The number of rotatable bonds is 28. The van der Waals surface area contributed by atoms with Crippen LogP contribution < -0.4 is 20.4 Å². The van der Waals surface area contributed by atoms with Gasteiger partial charge < -0.3 is 49.2 Å². The second-order valence-electron chi connectivity index (χ2n) is 20.3. The third-order valence-corrected chi connectivity index (χ3v) is 16.0. The Bertz CT molecular complexity index is 3180. The number of anilines is 1. The van der Waals surface area contributed by atoms with Gasteiger partial charge in [0, 0.05) is 67.3 Å². The molecule has 4 atom stereocenters. The van der Waals surface area contributed by atoms with Crippen molar-refractivity contribution < 1.29 is 48.0 Å². The number of likely N-dealkylation sites (tertiary alicyclic amines) is 1. The van der Waals surface area contributed by atoms with Crippen LogP contribution in [0.2, 0.25) is 10.0 Å². The van der Waals surface area contributed by atoms with E-state index in [1.807, 2.05) is 68.4 Å². The van der Waals surface area contributed by atoms with Gasteiger partial charge in [-0.3, -0.25) is 29.2 Å². The van der Waals surface area contributed by atoms with E-state index < -0.39 is 24.1 Å². The third kappa shape index (κ3) is 15.4. The number of thiazole rings is 1. The Hall–Kier alpha value is -6.89. The molecular weight excluding hydrogens is 1110 g/mol. The summed E-state index contributed by atoms with van der Waals surface area (Å²) in [5.41, 5.74) is 7.79. The number of aryl methyl sites for hydroxylation is 2. The highest BCUT2D eigenvalue weighted by Crippen LogP contribution is 2.34. The number of aliphatic hydroxyl groups is 1. The van der Waals surface area contributed by atoms with Gasteiger partial charge in [0.2, 0.25) is 11.8 Å². The minimum Gasteiger partial charge on any atom is -0.491 e. The highest BCUT2D eigenvalue weighted by molar-refractivity contribution is 7.13. The van der Waals surface area contributed by atoms with E-state index in [1.54, 1.807) is 63.9 Å². The van der Waals surface area contributed by atoms with Gasteiger partial charge in [-0.15, -0.1) is 16.4 Å². The van der Waals surface area contributed by atoms with Gasteiger partial charge in [0.1, 0.15) is 30.3 Å². The lowest BCUT2D eigenvalue weighted by atomic mass is 10.0. The topological polar surface area (TPSA) is 237 Å². The average Bonchev–Trinajstić information content (AvgIpc) is 4.37. The number of fused-ring (bicyclic) bond motifs is 1. The number of amidine groups is 1. The molecule has 1 saturated heterocycles. The summed E-state index contributed by atoms with van der Waals surface area (Å²) in [7, 11) is 0. The number of pyridine rings is 1. The number of halogens is 2. The van der Waals surface area contributed by atoms with Gasteiger partial charge in [0.15, 0.2) is 0 Å². The molecule has 3 aromatic carbocycles. The first-order valence-electron chi connectivity index (χ1n) is 27.3. The van der Waals surface area contributed by atoms with Crippen LogP contribution in [0.1, 0.15) is 69.9 Å². The summed E-state index contributed by atoms with van der Waals surface area (Å²) >= 11 is 14.0. The first-order chi connectivity index (χ1) is 39.8. The molecule has 1 unspecified atom stereocenters. The molecule has 9 rings (SSSR count). The molecule has 6 aromatic rings. The van der Waals surface area contributed by atoms with Gasteiger partial charge in [0.25, 0.3) is 11.8 Å². The monoisotopic (exact) mass is 1180 g/mol. The number of ether oxygens (including phenoxy) is 5. The van der Waals surface area contributed by atoms with Crippen molar-refractivity contribution in [1.82, 2.24) is 45.4 Å².